The van der Waals surface area contributed by atoms with E-state index in [-0.39, 0.29) is 12.5 Å². The van der Waals surface area contributed by atoms with E-state index in [0.717, 1.165) is 26.9 Å². The summed E-state index contributed by atoms with van der Waals surface area (Å²) in [5.41, 5.74) is 4.64. The van der Waals surface area contributed by atoms with Crippen LogP contribution in [0, 0.1) is 6.92 Å². The minimum atomic E-state index is -0.177. The van der Waals surface area contributed by atoms with Gasteiger partial charge in [-0.15, -0.1) is 11.3 Å². The molecule has 5 heteroatoms. The van der Waals surface area contributed by atoms with Crippen molar-refractivity contribution in [3.63, 3.8) is 0 Å². The molecule has 1 amide bonds. The van der Waals surface area contributed by atoms with E-state index >= 15 is 0 Å². The zero-order valence-electron chi connectivity index (χ0n) is 12.7. The van der Waals surface area contributed by atoms with Crippen molar-refractivity contribution in [1.29, 1.82) is 0 Å². The molecule has 0 spiro atoms. The maximum absolute atomic E-state index is 11.9. The number of benzene rings is 2. The molecule has 0 aliphatic rings. The van der Waals surface area contributed by atoms with Gasteiger partial charge >= 0.3 is 0 Å². The number of amides is 1. The van der Waals surface area contributed by atoms with Crippen molar-refractivity contribution < 1.29 is 4.79 Å². The van der Waals surface area contributed by atoms with Crippen LogP contribution in [0.4, 0.5) is 5.69 Å². The van der Waals surface area contributed by atoms with Crippen LogP contribution in [0.1, 0.15) is 10.4 Å². The summed E-state index contributed by atoms with van der Waals surface area (Å²) in [7, 11) is 0. The number of hydrogen-bond acceptors (Lipinski definition) is 4. The second-order valence-corrected chi connectivity index (χ2v) is 6.09. The quantitative estimate of drug-likeness (QED) is 0.555. The van der Waals surface area contributed by atoms with Gasteiger partial charge in [-0.1, -0.05) is 36.4 Å². The SMILES string of the molecule is Cc1ccsc1/C=N/NC(=O)CNc1cccc2ccccc12. The van der Waals surface area contributed by atoms with Crippen molar-refractivity contribution >= 4 is 39.9 Å². The second kappa shape index (κ2) is 7.07. The minimum Gasteiger partial charge on any atom is -0.376 e. The van der Waals surface area contributed by atoms with Gasteiger partial charge in [-0.05, 0) is 35.4 Å². The smallest absolute Gasteiger partial charge is 0.259 e. The van der Waals surface area contributed by atoms with Gasteiger partial charge in [-0.3, -0.25) is 4.79 Å². The lowest BCUT2D eigenvalue weighted by atomic mass is 10.1. The molecule has 116 valence electrons. The van der Waals surface area contributed by atoms with Crippen LogP contribution in [0.15, 0.2) is 59.0 Å². The van der Waals surface area contributed by atoms with E-state index in [2.05, 4.69) is 15.8 Å². The third-order valence-corrected chi connectivity index (χ3v) is 4.46. The molecule has 23 heavy (non-hydrogen) atoms. The van der Waals surface area contributed by atoms with E-state index < -0.39 is 0 Å². The zero-order chi connectivity index (χ0) is 16.1. The Labute approximate surface area is 138 Å². The Morgan fingerprint density at radius 3 is 2.83 bits per heavy atom. The summed E-state index contributed by atoms with van der Waals surface area (Å²) in [6.07, 6.45) is 1.68. The molecule has 2 aromatic carbocycles. The molecule has 0 saturated heterocycles. The van der Waals surface area contributed by atoms with Gasteiger partial charge in [-0.25, -0.2) is 5.43 Å². The third-order valence-electron chi connectivity index (χ3n) is 3.50. The number of nitrogens with zero attached hydrogens (tertiary/aromatic N) is 1. The minimum absolute atomic E-state index is 0.175. The average Bonchev–Trinajstić information content (AvgIpc) is 2.98. The van der Waals surface area contributed by atoms with E-state index in [1.54, 1.807) is 17.6 Å². The first-order valence-corrected chi connectivity index (χ1v) is 8.19. The summed E-state index contributed by atoms with van der Waals surface area (Å²) in [4.78, 5) is 12.9. The average molecular weight is 323 g/mol. The molecule has 2 N–H and O–H groups in total. The molecule has 0 fully saturated rings. The molecule has 0 aliphatic heterocycles. The van der Waals surface area contributed by atoms with Gasteiger partial charge < -0.3 is 5.32 Å². The molecule has 1 aromatic heterocycles. The number of nitrogens with one attached hydrogen (secondary N) is 2. The van der Waals surface area contributed by atoms with E-state index in [4.69, 9.17) is 0 Å². The van der Waals surface area contributed by atoms with Crippen LogP contribution in [0.2, 0.25) is 0 Å². The lowest BCUT2D eigenvalue weighted by molar-refractivity contribution is -0.119. The van der Waals surface area contributed by atoms with Gasteiger partial charge in [0.1, 0.15) is 0 Å². The van der Waals surface area contributed by atoms with E-state index in [9.17, 15) is 4.79 Å². The lowest BCUT2D eigenvalue weighted by Crippen LogP contribution is -2.25. The number of thiophene rings is 1. The lowest BCUT2D eigenvalue weighted by Gasteiger charge is -2.08. The fourth-order valence-electron chi connectivity index (χ4n) is 2.27. The van der Waals surface area contributed by atoms with Gasteiger partial charge in [0.25, 0.3) is 5.91 Å². The maximum Gasteiger partial charge on any atom is 0.259 e. The molecule has 0 saturated carbocycles. The molecule has 3 rings (SSSR count). The number of hydrazone groups is 1. The molecule has 1 heterocycles. The molecule has 0 atom stereocenters. The molecular formula is C18H17N3OS. The highest BCUT2D eigenvalue weighted by atomic mass is 32.1. The zero-order valence-corrected chi connectivity index (χ0v) is 13.6. The largest absolute Gasteiger partial charge is 0.376 e. The molecule has 0 aliphatic carbocycles. The van der Waals surface area contributed by atoms with Crippen LogP contribution < -0.4 is 10.7 Å². The van der Waals surface area contributed by atoms with Crippen LogP contribution in [0.3, 0.4) is 0 Å². The summed E-state index contributed by atoms with van der Waals surface area (Å²) in [6.45, 7) is 2.19. The number of fused-ring (bicyclic) bond motifs is 1. The van der Waals surface area contributed by atoms with Crippen LogP contribution in [-0.2, 0) is 4.79 Å². The Hall–Kier alpha value is -2.66. The van der Waals surface area contributed by atoms with Crippen molar-refractivity contribution in [2.24, 2.45) is 5.10 Å². The monoisotopic (exact) mass is 323 g/mol. The van der Waals surface area contributed by atoms with Crippen molar-refractivity contribution in [3.8, 4) is 0 Å². The van der Waals surface area contributed by atoms with Crippen LogP contribution >= 0.6 is 11.3 Å². The fraction of sp³-hybridized carbons (Fsp3) is 0.111. The van der Waals surface area contributed by atoms with Crippen LogP contribution in [-0.4, -0.2) is 18.7 Å². The maximum atomic E-state index is 11.9. The highest BCUT2D eigenvalue weighted by Crippen LogP contribution is 2.22. The van der Waals surface area contributed by atoms with Crippen molar-refractivity contribution in [2.45, 2.75) is 6.92 Å². The van der Waals surface area contributed by atoms with Gasteiger partial charge in [0.05, 0.1) is 12.8 Å². The van der Waals surface area contributed by atoms with Crippen LogP contribution in [0.5, 0.6) is 0 Å². The van der Waals surface area contributed by atoms with Crippen molar-refractivity contribution in [3.05, 3.63) is 64.4 Å². The number of anilines is 1. The van der Waals surface area contributed by atoms with Crippen molar-refractivity contribution in [1.82, 2.24) is 5.43 Å². The predicted molar refractivity (Wildman–Crippen MR) is 97.2 cm³/mol. The first-order chi connectivity index (χ1) is 11.2. The number of aryl methyl sites for hydroxylation is 1. The van der Waals surface area contributed by atoms with Gasteiger partial charge in [0, 0.05) is 16.0 Å². The van der Waals surface area contributed by atoms with E-state index in [1.807, 2.05) is 60.8 Å². The Bertz CT molecular complexity index is 849. The van der Waals surface area contributed by atoms with Crippen molar-refractivity contribution in [2.75, 3.05) is 11.9 Å². The number of hydrogen-bond donors (Lipinski definition) is 2. The van der Waals surface area contributed by atoms with E-state index in [1.165, 1.54) is 0 Å². The molecule has 0 radical (unpaired) electrons. The fourth-order valence-corrected chi connectivity index (χ4v) is 3.06. The summed E-state index contributed by atoms with van der Waals surface area (Å²) in [5.74, 6) is -0.177. The van der Waals surface area contributed by atoms with Gasteiger partial charge in [0.2, 0.25) is 0 Å². The van der Waals surface area contributed by atoms with Gasteiger partial charge in [0.15, 0.2) is 0 Å². The normalized spacial score (nSPS) is 11.0. The molecule has 0 bridgehead atoms. The number of carbonyl (C=O) groups excluding carboxylic acids is 1. The Morgan fingerprint density at radius 1 is 1.17 bits per heavy atom. The van der Waals surface area contributed by atoms with Crippen LogP contribution in [0.25, 0.3) is 10.8 Å². The standard InChI is InChI=1S/C18H17N3OS/c1-13-9-10-23-17(13)11-20-21-18(22)12-19-16-8-4-6-14-5-2-3-7-15(14)16/h2-11,19H,12H2,1H3,(H,21,22)/b20-11+. The highest BCUT2D eigenvalue weighted by Gasteiger charge is 2.03. The summed E-state index contributed by atoms with van der Waals surface area (Å²) in [6, 6.07) is 16.1. The number of rotatable bonds is 5. The summed E-state index contributed by atoms with van der Waals surface area (Å²) >= 11 is 1.60. The highest BCUT2D eigenvalue weighted by molar-refractivity contribution is 7.11. The van der Waals surface area contributed by atoms with E-state index in [0.29, 0.717) is 0 Å². The molecule has 4 nitrogen and oxygen atoms in total. The first kappa shape index (κ1) is 15.2. The summed E-state index contributed by atoms with van der Waals surface area (Å²) in [5, 5.41) is 11.4. The second-order valence-electron chi connectivity index (χ2n) is 5.14. The summed E-state index contributed by atoms with van der Waals surface area (Å²) < 4.78 is 0. The molecule has 0 unspecified atom stereocenters. The predicted octanol–water partition coefficient (Wildman–Crippen LogP) is 3.77. The van der Waals surface area contributed by atoms with Gasteiger partial charge in [-0.2, -0.15) is 5.10 Å². The third kappa shape index (κ3) is 3.76. The Kier molecular flexibility index (Phi) is 4.68. The number of carbonyl (C=O) groups is 1. The Balaban J connectivity index is 1.58. The first-order valence-electron chi connectivity index (χ1n) is 7.31. The topological polar surface area (TPSA) is 53.5 Å². The molecular weight excluding hydrogens is 306 g/mol. The Morgan fingerprint density at radius 2 is 2.00 bits per heavy atom. The molecule has 3 aromatic rings.